The molecule has 3 heterocycles. The van der Waals surface area contributed by atoms with E-state index in [0.29, 0.717) is 30.5 Å². The third-order valence-corrected chi connectivity index (χ3v) is 4.49. The Morgan fingerprint density at radius 2 is 1.92 bits per heavy atom. The third-order valence-electron chi connectivity index (χ3n) is 4.14. The minimum atomic E-state index is -4.63. The van der Waals surface area contributed by atoms with Gasteiger partial charge in [-0.05, 0) is 18.2 Å². The first-order valence-corrected chi connectivity index (χ1v) is 8.22. The molecule has 0 saturated carbocycles. The molecule has 0 bridgehead atoms. The molecule has 1 atom stereocenters. The van der Waals surface area contributed by atoms with E-state index in [1.54, 1.807) is 12.1 Å². The molecule has 26 heavy (non-hydrogen) atoms. The molecule has 1 saturated heterocycles. The lowest BCUT2D eigenvalue weighted by Gasteiger charge is -2.34. The predicted octanol–water partition coefficient (Wildman–Crippen LogP) is 3.37. The van der Waals surface area contributed by atoms with Crippen molar-refractivity contribution in [1.82, 2.24) is 19.8 Å². The summed E-state index contributed by atoms with van der Waals surface area (Å²) < 4.78 is 45.6. The summed E-state index contributed by atoms with van der Waals surface area (Å²) in [5.41, 5.74) is 0.872. The number of fused-ring (bicyclic) bond motifs is 1. The van der Waals surface area contributed by atoms with Crippen molar-refractivity contribution in [2.45, 2.75) is 12.3 Å². The summed E-state index contributed by atoms with van der Waals surface area (Å²) >= 11 is 6.23. The van der Waals surface area contributed by atoms with Crippen LogP contribution >= 0.6 is 11.6 Å². The molecule has 3 aromatic rings. The number of morpholine rings is 1. The molecule has 0 spiro atoms. The molecule has 0 radical (unpaired) electrons. The molecule has 136 valence electrons. The number of halogens is 4. The maximum atomic E-state index is 13.0. The summed E-state index contributed by atoms with van der Waals surface area (Å²) in [7, 11) is 0. The van der Waals surface area contributed by atoms with Crippen LogP contribution in [0.4, 0.5) is 19.0 Å². The molecule has 1 fully saturated rings. The second-order valence-corrected chi connectivity index (χ2v) is 6.22. The van der Waals surface area contributed by atoms with Gasteiger partial charge in [-0.2, -0.15) is 17.7 Å². The van der Waals surface area contributed by atoms with E-state index in [9.17, 15) is 13.2 Å². The molecule has 0 aliphatic carbocycles. The van der Waals surface area contributed by atoms with E-state index in [1.165, 1.54) is 6.07 Å². The van der Waals surface area contributed by atoms with Crippen LogP contribution in [0.3, 0.4) is 0 Å². The molecule has 1 aliphatic rings. The number of hydrogen-bond acceptors (Lipinski definition) is 5. The van der Waals surface area contributed by atoms with Crippen molar-refractivity contribution < 1.29 is 17.9 Å². The predicted molar refractivity (Wildman–Crippen MR) is 88.1 cm³/mol. The smallest absolute Gasteiger partial charge is 0.370 e. The highest BCUT2D eigenvalue weighted by molar-refractivity contribution is 6.31. The summed E-state index contributed by atoms with van der Waals surface area (Å²) in [6.07, 6.45) is -4.92. The lowest BCUT2D eigenvalue weighted by Crippen LogP contribution is -2.39. The van der Waals surface area contributed by atoms with Crippen molar-refractivity contribution in [1.29, 1.82) is 0 Å². The van der Waals surface area contributed by atoms with E-state index >= 15 is 0 Å². The maximum Gasteiger partial charge on any atom is 0.453 e. The lowest BCUT2D eigenvalue weighted by molar-refractivity contribution is -0.146. The molecule has 6 nitrogen and oxygen atoms in total. The second-order valence-electron chi connectivity index (χ2n) is 5.81. The summed E-state index contributed by atoms with van der Waals surface area (Å²) in [6.45, 7) is 1.33. The summed E-state index contributed by atoms with van der Waals surface area (Å²) in [4.78, 5) is 1.86. The molecule has 1 unspecified atom stereocenters. The van der Waals surface area contributed by atoms with Gasteiger partial charge in [-0.25, -0.2) is 0 Å². The van der Waals surface area contributed by atoms with Gasteiger partial charge in [-0.1, -0.05) is 29.8 Å². The highest BCUT2D eigenvalue weighted by atomic mass is 35.5. The monoisotopic (exact) mass is 383 g/mol. The number of nitrogens with zero attached hydrogens (tertiary/aromatic N) is 5. The normalized spacial score (nSPS) is 18.5. The number of ether oxygens (including phenoxy) is 1. The number of rotatable bonds is 2. The van der Waals surface area contributed by atoms with Crippen molar-refractivity contribution in [2.75, 3.05) is 24.6 Å². The standard InChI is InChI=1S/C16H13ClF3N5O/c17-11-4-2-1-3-10(11)12-9-24(7-8-26-12)14-6-5-13-21-22-15(16(18,19)20)25(13)23-14/h1-6,12H,7-9H2. The van der Waals surface area contributed by atoms with Gasteiger partial charge in [-0.15, -0.1) is 15.3 Å². The first-order chi connectivity index (χ1) is 12.4. The first-order valence-electron chi connectivity index (χ1n) is 7.84. The SMILES string of the molecule is FC(F)(F)c1nnc2ccc(N3CCOC(c4ccccc4Cl)C3)nn12. The zero-order chi connectivity index (χ0) is 18.3. The Balaban J connectivity index is 1.66. The average molecular weight is 384 g/mol. The molecule has 2 aromatic heterocycles. The Hall–Kier alpha value is -2.39. The Morgan fingerprint density at radius 1 is 1.12 bits per heavy atom. The average Bonchev–Trinajstić information content (AvgIpc) is 3.06. The number of alkyl halides is 3. The Bertz CT molecular complexity index is 945. The molecule has 10 heteroatoms. The fourth-order valence-electron chi connectivity index (χ4n) is 2.91. The van der Waals surface area contributed by atoms with Gasteiger partial charge in [0.1, 0.15) is 11.9 Å². The van der Waals surface area contributed by atoms with Crippen LogP contribution < -0.4 is 4.90 Å². The summed E-state index contributed by atoms with van der Waals surface area (Å²) in [5.74, 6) is -0.756. The van der Waals surface area contributed by atoms with Crippen LogP contribution in [0.1, 0.15) is 17.5 Å². The number of hydrogen-bond donors (Lipinski definition) is 0. The minimum Gasteiger partial charge on any atom is -0.370 e. The van der Waals surface area contributed by atoms with Gasteiger partial charge >= 0.3 is 6.18 Å². The van der Waals surface area contributed by atoms with Gasteiger partial charge in [0, 0.05) is 23.7 Å². The van der Waals surface area contributed by atoms with Gasteiger partial charge in [-0.3, -0.25) is 0 Å². The number of aromatic nitrogens is 4. The van der Waals surface area contributed by atoms with Crippen LogP contribution in [-0.2, 0) is 10.9 Å². The van der Waals surface area contributed by atoms with Crippen molar-refractivity contribution in [2.24, 2.45) is 0 Å². The zero-order valence-electron chi connectivity index (χ0n) is 13.3. The van der Waals surface area contributed by atoms with Crippen LogP contribution in [0.15, 0.2) is 36.4 Å². The summed E-state index contributed by atoms with van der Waals surface area (Å²) in [6, 6.07) is 10.4. The van der Waals surface area contributed by atoms with Crippen LogP contribution in [0.2, 0.25) is 5.02 Å². The molecule has 0 N–H and O–H groups in total. The molecule has 1 aromatic carbocycles. The van der Waals surface area contributed by atoms with E-state index in [-0.39, 0.29) is 11.8 Å². The fourth-order valence-corrected chi connectivity index (χ4v) is 3.16. The molecule has 4 rings (SSSR count). The van der Waals surface area contributed by atoms with E-state index in [2.05, 4.69) is 15.3 Å². The summed E-state index contributed by atoms with van der Waals surface area (Å²) in [5, 5.41) is 11.4. The molecule has 1 aliphatic heterocycles. The Morgan fingerprint density at radius 3 is 2.69 bits per heavy atom. The maximum absolute atomic E-state index is 13.0. The zero-order valence-corrected chi connectivity index (χ0v) is 14.1. The number of benzene rings is 1. The second kappa shape index (κ2) is 6.40. The van der Waals surface area contributed by atoms with Crippen molar-refractivity contribution in [3.63, 3.8) is 0 Å². The van der Waals surface area contributed by atoms with Crippen LogP contribution in [-0.4, -0.2) is 39.5 Å². The van der Waals surface area contributed by atoms with Crippen LogP contribution in [0, 0.1) is 0 Å². The molecular formula is C16H13ClF3N5O. The molecular weight excluding hydrogens is 371 g/mol. The van der Waals surface area contributed by atoms with Crippen molar-refractivity contribution in [3.05, 3.63) is 52.8 Å². The topological polar surface area (TPSA) is 55.5 Å². The van der Waals surface area contributed by atoms with Gasteiger partial charge in [0.05, 0.1) is 6.61 Å². The quantitative estimate of drug-likeness (QED) is 0.679. The largest absolute Gasteiger partial charge is 0.453 e. The van der Waals surface area contributed by atoms with E-state index < -0.39 is 12.0 Å². The lowest BCUT2D eigenvalue weighted by atomic mass is 10.1. The number of anilines is 1. The Kier molecular flexibility index (Phi) is 4.20. The van der Waals surface area contributed by atoms with Gasteiger partial charge in [0.15, 0.2) is 5.65 Å². The highest BCUT2D eigenvalue weighted by Crippen LogP contribution is 2.31. The fraction of sp³-hybridized carbons (Fsp3) is 0.312. The van der Waals surface area contributed by atoms with E-state index in [0.717, 1.165) is 10.1 Å². The van der Waals surface area contributed by atoms with Gasteiger partial charge < -0.3 is 9.64 Å². The third kappa shape index (κ3) is 3.08. The minimum absolute atomic E-state index is 0.0389. The highest BCUT2D eigenvalue weighted by Gasteiger charge is 2.38. The van der Waals surface area contributed by atoms with Gasteiger partial charge in [0.25, 0.3) is 5.82 Å². The first kappa shape index (κ1) is 17.0. The van der Waals surface area contributed by atoms with Crippen LogP contribution in [0.25, 0.3) is 5.65 Å². The van der Waals surface area contributed by atoms with Crippen LogP contribution in [0.5, 0.6) is 0 Å². The van der Waals surface area contributed by atoms with Gasteiger partial charge in [0.2, 0.25) is 0 Å². The van der Waals surface area contributed by atoms with E-state index in [4.69, 9.17) is 16.3 Å². The van der Waals surface area contributed by atoms with Crippen molar-refractivity contribution in [3.8, 4) is 0 Å². The van der Waals surface area contributed by atoms with E-state index in [1.807, 2.05) is 23.1 Å². The Labute approximate surface area is 151 Å². The molecule has 0 amide bonds. The van der Waals surface area contributed by atoms with Crippen molar-refractivity contribution >= 4 is 23.1 Å².